The molecule has 2 aromatic carbocycles. The molecule has 0 spiro atoms. The highest BCUT2D eigenvalue weighted by Crippen LogP contribution is 2.43. The quantitative estimate of drug-likeness (QED) is 0.211. The fraction of sp³-hybridized carbons (Fsp3) is 0.484. The van der Waals surface area contributed by atoms with E-state index in [0.29, 0.717) is 37.8 Å². The smallest absolute Gasteiger partial charge is 0.444 e. The largest absolute Gasteiger partial charge is 0.461 e. The first-order chi connectivity index (χ1) is 21.4. The number of rotatable bonds is 9. The number of anilines is 1. The van der Waals surface area contributed by atoms with Crippen molar-refractivity contribution in [3.63, 3.8) is 0 Å². The maximum Gasteiger partial charge on any atom is 0.461 e. The Morgan fingerprint density at radius 3 is 2.33 bits per heavy atom. The summed E-state index contributed by atoms with van der Waals surface area (Å²) >= 11 is 3.38. The summed E-state index contributed by atoms with van der Waals surface area (Å²) in [5, 5.41) is 2.75. The first-order valence-corrected chi connectivity index (χ1v) is 15.4. The lowest BCUT2D eigenvalue weighted by Gasteiger charge is -2.36. The van der Waals surface area contributed by atoms with E-state index >= 15 is 0 Å². The second-order valence-electron chi connectivity index (χ2n) is 12.4. The minimum Gasteiger partial charge on any atom is -0.444 e. The SMILES string of the molecule is CC(C)(C)OC(=O)NC[C@H]1CC[C@H](C(=O)N(c2ccc3nc(C(F)(F)C(F)(F)F)[nH]c3c2)[C@@H](Cc2cccc(Br)c2)C(N)=O)CC1. The molecule has 3 aromatic rings. The average Bonchev–Trinajstić information content (AvgIpc) is 3.39. The molecule has 250 valence electrons. The Balaban J connectivity index is 1.62. The van der Waals surface area contributed by atoms with Gasteiger partial charge in [0.25, 0.3) is 0 Å². The first-order valence-electron chi connectivity index (χ1n) is 14.6. The van der Waals surface area contributed by atoms with Crippen LogP contribution in [0.1, 0.15) is 57.8 Å². The number of imidazole rings is 1. The van der Waals surface area contributed by atoms with Crippen molar-refractivity contribution in [1.29, 1.82) is 0 Å². The number of halogens is 6. The van der Waals surface area contributed by atoms with E-state index in [1.807, 2.05) is 4.98 Å². The van der Waals surface area contributed by atoms with Gasteiger partial charge in [0.1, 0.15) is 11.6 Å². The number of nitrogens with zero attached hydrogens (tertiary/aromatic N) is 2. The number of hydrogen-bond donors (Lipinski definition) is 3. The number of carbonyl (C=O) groups is 3. The summed E-state index contributed by atoms with van der Waals surface area (Å²) in [5.41, 5.74) is 5.57. The van der Waals surface area contributed by atoms with E-state index in [2.05, 4.69) is 26.2 Å². The molecule has 1 aromatic heterocycles. The van der Waals surface area contributed by atoms with Crippen LogP contribution < -0.4 is 16.0 Å². The number of primary amides is 1. The van der Waals surface area contributed by atoms with E-state index in [1.54, 1.807) is 45.0 Å². The van der Waals surface area contributed by atoms with Gasteiger partial charge in [0, 0.05) is 29.0 Å². The second-order valence-corrected chi connectivity index (χ2v) is 13.3. The van der Waals surface area contributed by atoms with Gasteiger partial charge in [-0.2, -0.15) is 22.0 Å². The summed E-state index contributed by atoms with van der Waals surface area (Å²) in [6, 6.07) is 9.56. The van der Waals surface area contributed by atoms with Gasteiger partial charge < -0.3 is 20.8 Å². The van der Waals surface area contributed by atoms with E-state index in [-0.39, 0.29) is 29.1 Å². The number of H-pyrrole nitrogens is 1. The number of nitrogens with two attached hydrogens (primary N) is 1. The molecule has 46 heavy (non-hydrogen) atoms. The molecular formula is C31H35BrF5N5O4. The number of ether oxygens (including phenoxy) is 1. The molecule has 4 rings (SSSR count). The summed E-state index contributed by atoms with van der Waals surface area (Å²) in [7, 11) is 0. The highest BCUT2D eigenvalue weighted by atomic mass is 79.9. The normalized spacial score (nSPS) is 18.2. The van der Waals surface area contributed by atoms with Crippen LogP contribution >= 0.6 is 15.9 Å². The zero-order chi connectivity index (χ0) is 34.0. The van der Waals surface area contributed by atoms with Crippen LogP contribution in [-0.4, -0.2) is 52.2 Å². The van der Waals surface area contributed by atoms with Gasteiger partial charge in [-0.3, -0.25) is 14.5 Å². The highest BCUT2D eigenvalue weighted by Gasteiger charge is 2.61. The Hall–Kier alpha value is -3.75. The predicted octanol–water partition coefficient (Wildman–Crippen LogP) is 6.74. The summed E-state index contributed by atoms with van der Waals surface area (Å²) < 4.78 is 73.2. The molecule has 1 saturated carbocycles. The molecule has 1 atom stereocenters. The molecule has 0 unspecified atom stereocenters. The Bertz CT molecular complexity index is 1580. The Morgan fingerprint density at radius 2 is 1.74 bits per heavy atom. The third-order valence-electron chi connectivity index (χ3n) is 7.72. The monoisotopic (exact) mass is 715 g/mol. The van der Waals surface area contributed by atoms with Crippen LogP contribution in [0.15, 0.2) is 46.9 Å². The molecule has 1 aliphatic carbocycles. The predicted molar refractivity (Wildman–Crippen MR) is 164 cm³/mol. The van der Waals surface area contributed by atoms with Gasteiger partial charge in [-0.25, -0.2) is 9.78 Å². The van der Waals surface area contributed by atoms with Crippen molar-refractivity contribution in [1.82, 2.24) is 15.3 Å². The number of aromatic amines is 1. The lowest BCUT2D eigenvalue weighted by atomic mass is 9.81. The number of alkyl carbamates (subject to hydrolysis) is 1. The van der Waals surface area contributed by atoms with Crippen molar-refractivity contribution in [3.05, 3.63) is 58.3 Å². The van der Waals surface area contributed by atoms with Gasteiger partial charge in [0.15, 0.2) is 5.82 Å². The van der Waals surface area contributed by atoms with E-state index in [4.69, 9.17) is 10.5 Å². The number of nitrogens with one attached hydrogen (secondary N) is 2. The maximum absolute atomic E-state index is 14.2. The van der Waals surface area contributed by atoms with Crippen LogP contribution in [0.3, 0.4) is 0 Å². The molecule has 9 nitrogen and oxygen atoms in total. The molecule has 15 heteroatoms. The standard InChI is InChI=1S/C31H35BrF5N5O4/c1-29(2,3)46-28(45)39-16-17-7-9-19(10-8-17)26(44)42(24(25(38)43)14-18-5-4-6-20(32)13-18)21-11-12-22-23(15-21)41-27(40-22)30(33,34)31(35,36)37/h4-6,11-13,15,17,19,24H,7-10,14,16H2,1-3H3,(H2,38,43)(H,39,45)(H,40,41)/t17-,19-,24-/m0/s1. The number of carbonyl (C=O) groups excluding carboxylic acids is 3. The maximum atomic E-state index is 14.2. The number of hydrogen-bond acceptors (Lipinski definition) is 5. The topological polar surface area (TPSA) is 130 Å². The molecule has 1 heterocycles. The highest BCUT2D eigenvalue weighted by molar-refractivity contribution is 9.10. The van der Waals surface area contributed by atoms with Crippen LogP contribution in [0.25, 0.3) is 11.0 Å². The molecule has 1 aliphatic rings. The number of fused-ring (bicyclic) bond motifs is 1. The molecule has 3 amide bonds. The molecule has 0 radical (unpaired) electrons. The van der Waals surface area contributed by atoms with Gasteiger partial charge in [-0.15, -0.1) is 0 Å². The van der Waals surface area contributed by atoms with Crippen molar-refractivity contribution in [2.45, 2.75) is 76.6 Å². The number of aromatic nitrogens is 2. The summed E-state index contributed by atoms with van der Waals surface area (Å²) in [4.78, 5) is 45.9. The van der Waals surface area contributed by atoms with Crippen LogP contribution in [0, 0.1) is 11.8 Å². The summed E-state index contributed by atoms with van der Waals surface area (Å²) in [5.74, 6) is -8.59. The molecule has 4 N–H and O–H groups in total. The van der Waals surface area contributed by atoms with Crippen LogP contribution in [0.4, 0.5) is 32.4 Å². The second kappa shape index (κ2) is 13.5. The molecule has 0 bridgehead atoms. The Morgan fingerprint density at radius 1 is 1.07 bits per heavy atom. The molecular weight excluding hydrogens is 681 g/mol. The van der Waals surface area contributed by atoms with Crippen LogP contribution in [0.5, 0.6) is 0 Å². The van der Waals surface area contributed by atoms with Crippen molar-refractivity contribution in [2.24, 2.45) is 17.6 Å². The van der Waals surface area contributed by atoms with Crippen molar-refractivity contribution in [2.75, 3.05) is 11.4 Å². The van der Waals surface area contributed by atoms with Crippen molar-refractivity contribution >= 4 is 50.6 Å². The average molecular weight is 717 g/mol. The number of alkyl halides is 5. The third kappa shape index (κ3) is 8.34. The first kappa shape index (κ1) is 35.1. The number of amides is 3. The van der Waals surface area contributed by atoms with Crippen LogP contribution in [0.2, 0.25) is 0 Å². The summed E-state index contributed by atoms with van der Waals surface area (Å²) in [6.07, 6.45) is -4.40. The minimum absolute atomic E-state index is 0.00801. The van der Waals surface area contributed by atoms with Gasteiger partial charge in [-0.1, -0.05) is 28.1 Å². The minimum atomic E-state index is -5.88. The number of benzene rings is 2. The van der Waals surface area contributed by atoms with E-state index in [0.717, 1.165) is 4.47 Å². The van der Waals surface area contributed by atoms with Crippen molar-refractivity contribution in [3.8, 4) is 0 Å². The summed E-state index contributed by atoms with van der Waals surface area (Å²) in [6.45, 7) is 5.62. The van der Waals surface area contributed by atoms with Crippen molar-refractivity contribution < 1.29 is 41.1 Å². The van der Waals surface area contributed by atoms with Gasteiger partial charge in [0.2, 0.25) is 11.8 Å². The third-order valence-corrected chi connectivity index (χ3v) is 8.22. The molecule has 0 saturated heterocycles. The Kier molecular flexibility index (Phi) is 10.3. The lowest BCUT2D eigenvalue weighted by Crippen LogP contribution is -2.52. The van der Waals surface area contributed by atoms with Crippen LogP contribution in [-0.2, 0) is 26.7 Å². The van der Waals surface area contributed by atoms with Gasteiger partial charge in [-0.05, 0) is 88.3 Å². The van der Waals surface area contributed by atoms with Gasteiger partial charge >= 0.3 is 18.2 Å². The van der Waals surface area contributed by atoms with E-state index in [9.17, 15) is 36.3 Å². The zero-order valence-corrected chi connectivity index (χ0v) is 27.0. The van der Waals surface area contributed by atoms with Gasteiger partial charge in [0.05, 0.1) is 11.0 Å². The molecule has 1 fully saturated rings. The van der Waals surface area contributed by atoms with E-state index in [1.165, 1.54) is 23.1 Å². The molecule has 0 aliphatic heterocycles. The lowest BCUT2D eigenvalue weighted by molar-refractivity contribution is -0.292. The Labute approximate surface area is 270 Å². The zero-order valence-electron chi connectivity index (χ0n) is 25.4. The fourth-order valence-electron chi connectivity index (χ4n) is 5.45. The fourth-order valence-corrected chi connectivity index (χ4v) is 5.90. The van der Waals surface area contributed by atoms with E-state index < -0.39 is 53.4 Å².